The Hall–Kier alpha value is -1.60. The number of nitrogens with one attached hydrogen (secondary N) is 1. The fourth-order valence-corrected chi connectivity index (χ4v) is 5.72. The SMILES string of the molecule is C=CCNC(=O)C(C)Sc1nc2sc3c(c2c(=O)n1CC)CCC(C)C3. The third kappa shape index (κ3) is 3.60. The van der Waals surface area contributed by atoms with E-state index in [1.54, 1.807) is 22.0 Å². The summed E-state index contributed by atoms with van der Waals surface area (Å²) in [6.07, 6.45) is 4.77. The van der Waals surface area contributed by atoms with Gasteiger partial charge >= 0.3 is 0 Å². The first-order chi connectivity index (χ1) is 12.5. The molecule has 0 saturated carbocycles. The Labute approximate surface area is 161 Å². The Balaban J connectivity index is 2.00. The first kappa shape index (κ1) is 19.2. The van der Waals surface area contributed by atoms with Crippen molar-refractivity contribution in [1.29, 1.82) is 0 Å². The number of nitrogens with zero attached hydrogens (tertiary/aromatic N) is 2. The van der Waals surface area contributed by atoms with Crippen LogP contribution in [0.4, 0.5) is 0 Å². The second-order valence-electron chi connectivity index (χ2n) is 6.77. The van der Waals surface area contributed by atoms with Crippen molar-refractivity contribution in [3.05, 3.63) is 33.4 Å². The summed E-state index contributed by atoms with van der Waals surface area (Å²) in [5, 5.41) is 3.89. The molecular weight excluding hydrogens is 366 g/mol. The average molecular weight is 392 g/mol. The predicted octanol–water partition coefficient (Wildman–Crippen LogP) is 3.39. The molecule has 0 saturated heterocycles. The number of hydrogen-bond acceptors (Lipinski definition) is 5. The zero-order chi connectivity index (χ0) is 18.8. The number of fused-ring (bicyclic) bond motifs is 3. The van der Waals surface area contributed by atoms with Crippen molar-refractivity contribution >= 4 is 39.2 Å². The van der Waals surface area contributed by atoms with Crippen molar-refractivity contribution in [2.45, 2.75) is 57.0 Å². The molecular formula is C19H25N3O2S2. The number of thiophene rings is 1. The number of aryl methyl sites for hydroxylation is 1. The van der Waals surface area contributed by atoms with Gasteiger partial charge < -0.3 is 5.32 Å². The number of hydrogen-bond donors (Lipinski definition) is 1. The van der Waals surface area contributed by atoms with Gasteiger partial charge in [0.2, 0.25) is 5.91 Å². The minimum Gasteiger partial charge on any atom is -0.352 e. The van der Waals surface area contributed by atoms with Crippen LogP contribution in [0.1, 0.15) is 37.6 Å². The zero-order valence-electron chi connectivity index (χ0n) is 15.5. The topological polar surface area (TPSA) is 64.0 Å². The van der Waals surface area contributed by atoms with Gasteiger partial charge in [0.25, 0.3) is 5.56 Å². The van der Waals surface area contributed by atoms with Crippen molar-refractivity contribution in [3.63, 3.8) is 0 Å². The van der Waals surface area contributed by atoms with Crippen LogP contribution in [0.3, 0.4) is 0 Å². The molecule has 0 radical (unpaired) electrons. The van der Waals surface area contributed by atoms with Crippen LogP contribution in [0.5, 0.6) is 0 Å². The van der Waals surface area contributed by atoms with Crippen LogP contribution in [0.2, 0.25) is 0 Å². The van der Waals surface area contributed by atoms with Crippen LogP contribution in [-0.4, -0.2) is 27.3 Å². The van der Waals surface area contributed by atoms with Gasteiger partial charge in [0.1, 0.15) is 4.83 Å². The number of carbonyl (C=O) groups is 1. The second kappa shape index (κ2) is 7.96. The quantitative estimate of drug-likeness (QED) is 0.466. The highest BCUT2D eigenvalue weighted by Gasteiger charge is 2.25. The van der Waals surface area contributed by atoms with Gasteiger partial charge in [-0.2, -0.15) is 0 Å². The van der Waals surface area contributed by atoms with E-state index in [2.05, 4.69) is 18.8 Å². The van der Waals surface area contributed by atoms with Gasteiger partial charge in [0.05, 0.1) is 10.6 Å². The minimum absolute atomic E-state index is 0.0331. The van der Waals surface area contributed by atoms with Crippen LogP contribution in [-0.2, 0) is 24.2 Å². The Morgan fingerprint density at radius 3 is 3.04 bits per heavy atom. The molecule has 0 bridgehead atoms. The van der Waals surface area contributed by atoms with E-state index in [1.165, 1.54) is 22.2 Å². The molecule has 2 aromatic rings. The van der Waals surface area contributed by atoms with Crippen molar-refractivity contribution in [3.8, 4) is 0 Å². The van der Waals surface area contributed by atoms with E-state index in [0.717, 1.165) is 29.5 Å². The molecule has 3 rings (SSSR count). The summed E-state index contributed by atoms with van der Waals surface area (Å²) in [5.41, 5.74) is 1.24. The molecule has 2 unspecified atom stereocenters. The smallest absolute Gasteiger partial charge is 0.263 e. The van der Waals surface area contributed by atoms with Gasteiger partial charge in [0.15, 0.2) is 5.16 Å². The van der Waals surface area contributed by atoms with E-state index in [1.807, 2.05) is 13.8 Å². The molecule has 1 amide bonds. The minimum atomic E-state index is -0.327. The molecule has 1 N–H and O–H groups in total. The Morgan fingerprint density at radius 1 is 1.58 bits per heavy atom. The Bertz CT molecular complexity index is 900. The molecule has 0 aromatic carbocycles. The Kier molecular flexibility index (Phi) is 5.87. The summed E-state index contributed by atoms with van der Waals surface area (Å²) < 4.78 is 1.70. The largest absolute Gasteiger partial charge is 0.352 e. The highest BCUT2D eigenvalue weighted by atomic mass is 32.2. The summed E-state index contributed by atoms with van der Waals surface area (Å²) in [7, 11) is 0. The molecule has 7 heteroatoms. The lowest BCUT2D eigenvalue weighted by Gasteiger charge is -2.18. The molecule has 0 spiro atoms. The lowest BCUT2D eigenvalue weighted by Crippen LogP contribution is -2.32. The number of amides is 1. The highest BCUT2D eigenvalue weighted by molar-refractivity contribution is 8.00. The summed E-state index contributed by atoms with van der Waals surface area (Å²) in [4.78, 5) is 32.2. The van der Waals surface area contributed by atoms with Gasteiger partial charge in [-0.25, -0.2) is 4.98 Å². The first-order valence-corrected chi connectivity index (χ1v) is 10.8. The number of aromatic nitrogens is 2. The number of rotatable bonds is 6. The summed E-state index contributed by atoms with van der Waals surface area (Å²) >= 11 is 2.99. The third-order valence-corrected chi connectivity index (χ3v) is 7.01. The monoisotopic (exact) mass is 391 g/mol. The van der Waals surface area contributed by atoms with E-state index in [4.69, 9.17) is 4.98 Å². The highest BCUT2D eigenvalue weighted by Crippen LogP contribution is 2.36. The lowest BCUT2D eigenvalue weighted by atomic mass is 9.89. The van der Waals surface area contributed by atoms with E-state index in [-0.39, 0.29) is 16.7 Å². The summed E-state index contributed by atoms with van der Waals surface area (Å²) in [6, 6.07) is 0. The van der Waals surface area contributed by atoms with Crippen LogP contribution >= 0.6 is 23.1 Å². The summed E-state index contributed by atoms with van der Waals surface area (Å²) in [6.45, 7) is 10.6. The second-order valence-corrected chi connectivity index (χ2v) is 9.16. The summed E-state index contributed by atoms with van der Waals surface area (Å²) in [5.74, 6) is 0.581. The van der Waals surface area contributed by atoms with Crippen LogP contribution in [0.25, 0.3) is 10.2 Å². The first-order valence-electron chi connectivity index (χ1n) is 9.06. The molecule has 0 fully saturated rings. The molecule has 26 heavy (non-hydrogen) atoms. The molecule has 2 heterocycles. The fourth-order valence-electron chi connectivity index (χ4n) is 3.30. The van der Waals surface area contributed by atoms with Gasteiger partial charge in [-0.05, 0) is 44.6 Å². The molecule has 2 atom stereocenters. The van der Waals surface area contributed by atoms with Crippen LogP contribution < -0.4 is 10.9 Å². The van der Waals surface area contributed by atoms with Gasteiger partial charge in [-0.1, -0.05) is 24.8 Å². The predicted molar refractivity (Wildman–Crippen MR) is 109 cm³/mol. The van der Waals surface area contributed by atoms with Gasteiger partial charge in [-0.3, -0.25) is 14.2 Å². The van der Waals surface area contributed by atoms with Crippen molar-refractivity contribution in [1.82, 2.24) is 14.9 Å². The molecule has 5 nitrogen and oxygen atoms in total. The maximum Gasteiger partial charge on any atom is 0.263 e. The molecule has 140 valence electrons. The maximum atomic E-state index is 13.1. The maximum absolute atomic E-state index is 13.1. The van der Waals surface area contributed by atoms with Crippen LogP contribution in [0.15, 0.2) is 22.6 Å². The van der Waals surface area contributed by atoms with Crippen molar-refractivity contribution in [2.24, 2.45) is 5.92 Å². The van der Waals surface area contributed by atoms with Crippen molar-refractivity contribution < 1.29 is 4.79 Å². The molecule has 0 aliphatic heterocycles. The van der Waals surface area contributed by atoms with E-state index >= 15 is 0 Å². The molecule has 1 aliphatic carbocycles. The van der Waals surface area contributed by atoms with Crippen molar-refractivity contribution in [2.75, 3.05) is 6.54 Å². The number of thioether (sulfide) groups is 1. The molecule has 2 aromatic heterocycles. The normalized spacial score (nSPS) is 17.7. The molecule has 1 aliphatic rings. The average Bonchev–Trinajstić information content (AvgIpc) is 2.97. The van der Waals surface area contributed by atoms with Gasteiger partial charge in [0, 0.05) is 18.0 Å². The third-order valence-electron chi connectivity index (χ3n) is 4.77. The standard InChI is InChI=1S/C19H25N3O2S2/c1-5-9-20-16(23)12(4)25-19-21-17-15(18(24)22(19)6-2)13-8-7-11(3)10-14(13)26-17/h5,11-12H,1,6-10H2,2-4H3,(H,20,23). The zero-order valence-corrected chi connectivity index (χ0v) is 17.1. The van der Waals surface area contributed by atoms with E-state index in [0.29, 0.717) is 24.2 Å². The fraction of sp³-hybridized carbons (Fsp3) is 0.526. The number of carbonyl (C=O) groups excluding carboxylic acids is 1. The Morgan fingerprint density at radius 2 is 2.35 bits per heavy atom. The van der Waals surface area contributed by atoms with Gasteiger partial charge in [-0.15, -0.1) is 17.9 Å². The van der Waals surface area contributed by atoms with Crippen LogP contribution in [0, 0.1) is 5.92 Å². The van der Waals surface area contributed by atoms with E-state index in [9.17, 15) is 9.59 Å². The lowest BCUT2D eigenvalue weighted by molar-refractivity contribution is -0.120. The van der Waals surface area contributed by atoms with E-state index < -0.39 is 0 Å².